The molecule has 0 N–H and O–H groups in total. The van der Waals surface area contributed by atoms with Crippen molar-refractivity contribution in [2.75, 3.05) is 6.61 Å². The van der Waals surface area contributed by atoms with E-state index in [4.69, 9.17) is 9.47 Å². The topological polar surface area (TPSA) is 69.7 Å². The smallest absolute Gasteiger partial charge is 0.305 e. The first-order valence-electron chi connectivity index (χ1n) is 10.7. The average molecular weight is 393 g/mol. The molecule has 0 radical (unpaired) electrons. The molecule has 5 nitrogen and oxygen atoms in total. The van der Waals surface area contributed by atoms with Gasteiger partial charge in [-0.3, -0.25) is 14.4 Å². The molecule has 2 rings (SSSR count). The van der Waals surface area contributed by atoms with E-state index in [1.807, 2.05) is 0 Å². The maximum atomic E-state index is 12.6. The van der Waals surface area contributed by atoms with Crippen molar-refractivity contribution in [2.45, 2.75) is 97.7 Å². The Bertz CT molecular complexity index is 625. The van der Waals surface area contributed by atoms with Crippen molar-refractivity contribution in [3.05, 3.63) is 11.1 Å². The third-order valence-electron chi connectivity index (χ3n) is 5.64. The molecule has 0 aromatic heterocycles. The van der Waals surface area contributed by atoms with Gasteiger partial charge in [0.05, 0.1) is 18.3 Å². The van der Waals surface area contributed by atoms with Crippen molar-refractivity contribution in [2.24, 2.45) is 11.8 Å². The molecule has 0 amide bonds. The molecule has 2 unspecified atom stereocenters. The van der Waals surface area contributed by atoms with E-state index in [0.717, 1.165) is 18.4 Å². The van der Waals surface area contributed by atoms with Crippen LogP contribution in [0, 0.1) is 11.8 Å². The van der Waals surface area contributed by atoms with Gasteiger partial charge in [-0.1, -0.05) is 12.5 Å². The fourth-order valence-electron chi connectivity index (χ4n) is 4.47. The lowest BCUT2D eigenvalue weighted by Crippen LogP contribution is -2.34. The molecule has 1 saturated carbocycles. The number of fused-ring (bicyclic) bond motifs is 1. The Morgan fingerprint density at radius 2 is 1.86 bits per heavy atom. The summed E-state index contributed by atoms with van der Waals surface area (Å²) in [6.07, 6.45) is 4.51. The molecule has 0 bridgehead atoms. The number of esters is 1. The second-order valence-corrected chi connectivity index (χ2v) is 9.15. The van der Waals surface area contributed by atoms with Crippen LogP contribution in [0.15, 0.2) is 11.1 Å². The number of hydrogen-bond donors (Lipinski definition) is 0. The van der Waals surface area contributed by atoms with Crippen molar-refractivity contribution in [1.82, 2.24) is 0 Å². The standard InChI is InChI=1S/C23H36O5/c1-6-27-21(26)9-7-8-16(24)10-11-17-19-14-15(2)22(28-23(3,4)5)18(19)12-13-20(17)25/h15,18,22H,6-14H2,1-5H3/t15?,18?,22-/m0/s1. The van der Waals surface area contributed by atoms with Crippen LogP contribution in [0.4, 0.5) is 0 Å². The molecular weight excluding hydrogens is 356 g/mol. The average Bonchev–Trinajstić information content (AvgIpc) is 2.88. The second-order valence-electron chi connectivity index (χ2n) is 9.15. The Hall–Kier alpha value is -1.49. The summed E-state index contributed by atoms with van der Waals surface area (Å²) < 4.78 is 11.2. The van der Waals surface area contributed by atoms with Gasteiger partial charge in [-0.2, -0.15) is 0 Å². The van der Waals surface area contributed by atoms with Crippen molar-refractivity contribution in [3.63, 3.8) is 0 Å². The number of carbonyl (C=O) groups is 3. The minimum Gasteiger partial charge on any atom is -0.466 e. The van der Waals surface area contributed by atoms with E-state index >= 15 is 0 Å². The molecule has 0 aromatic rings. The van der Waals surface area contributed by atoms with Gasteiger partial charge in [-0.25, -0.2) is 0 Å². The molecule has 2 aliphatic carbocycles. The van der Waals surface area contributed by atoms with Gasteiger partial charge in [0.1, 0.15) is 5.78 Å². The van der Waals surface area contributed by atoms with E-state index < -0.39 is 0 Å². The van der Waals surface area contributed by atoms with Crippen molar-refractivity contribution >= 4 is 17.5 Å². The maximum absolute atomic E-state index is 12.6. The Labute approximate surface area is 169 Å². The van der Waals surface area contributed by atoms with Gasteiger partial charge in [0.25, 0.3) is 0 Å². The molecule has 0 aliphatic heterocycles. The zero-order valence-electron chi connectivity index (χ0n) is 18.1. The van der Waals surface area contributed by atoms with Gasteiger partial charge in [-0.05, 0) is 64.9 Å². The number of rotatable bonds is 9. The molecule has 1 fully saturated rings. The Morgan fingerprint density at radius 1 is 1.14 bits per heavy atom. The van der Waals surface area contributed by atoms with Gasteiger partial charge in [0.15, 0.2) is 5.78 Å². The highest BCUT2D eigenvalue weighted by atomic mass is 16.5. The summed E-state index contributed by atoms with van der Waals surface area (Å²) >= 11 is 0. The third-order valence-corrected chi connectivity index (χ3v) is 5.64. The second kappa shape index (κ2) is 9.82. The van der Waals surface area contributed by atoms with Gasteiger partial charge in [-0.15, -0.1) is 0 Å². The number of hydrogen-bond acceptors (Lipinski definition) is 5. The third kappa shape index (κ3) is 6.26. The van der Waals surface area contributed by atoms with Gasteiger partial charge in [0.2, 0.25) is 0 Å². The minimum atomic E-state index is -0.254. The Morgan fingerprint density at radius 3 is 2.50 bits per heavy atom. The first-order valence-corrected chi connectivity index (χ1v) is 10.7. The number of carbonyl (C=O) groups excluding carboxylic acids is 3. The van der Waals surface area contributed by atoms with Crippen LogP contribution in [-0.2, 0) is 23.9 Å². The summed E-state index contributed by atoms with van der Waals surface area (Å²) in [5.41, 5.74) is 1.91. The van der Waals surface area contributed by atoms with E-state index in [0.29, 0.717) is 50.5 Å². The maximum Gasteiger partial charge on any atom is 0.305 e. The zero-order chi connectivity index (χ0) is 20.9. The molecule has 5 heteroatoms. The van der Waals surface area contributed by atoms with Gasteiger partial charge >= 0.3 is 5.97 Å². The van der Waals surface area contributed by atoms with Crippen LogP contribution in [0.3, 0.4) is 0 Å². The Kier molecular flexibility index (Phi) is 7.99. The van der Waals surface area contributed by atoms with Gasteiger partial charge < -0.3 is 9.47 Å². The summed E-state index contributed by atoms with van der Waals surface area (Å²) in [5.74, 6) is 0.756. The highest BCUT2D eigenvalue weighted by Crippen LogP contribution is 2.47. The lowest BCUT2D eigenvalue weighted by atomic mass is 9.81. The van der Waals surface area contributed by atoms with Crippen LogP contribution in [-0.4, -0.2) is 35.8 Å². The Balaban J connectivity index is 1.95. The first-order chi connectivity index (χ1) is 13.1. The molecule has 0 heterocycles. The molecule has 2 aliphatic rings. The summed E-state index contributed by atoms with van der Waals surface area (Å²) in [7, 11) is 0. The predicted molar refractivity (Wildman–Crippen MR) is 108 cm³/mol. The monoisotopic (exact) mass is 392 g/mol. The number of ketones is 2. The van der Waals surface area contributed by atoms with E-state index in [1.165, 1.54) is 5.57 Å². The molecular formula is C23H36O5. The summed E-state index contributed by atoms with van der Waals surface area (Å²) in [6.45, 7) is 10.6. The van der Waals surface area contributed by atoms with Crippen LogP contribution in [0.25, 0.3) is 0 Å². The first kappa shape index (κ1) is 22.8. The molecule has 0 spiro atoms. The van der Waals surface area contributed by atoms with Crippen molar-refractivity contribution < 1.29 is 23.9 Å². The fourth-order valence-corrected chi connectivity index (χ4v) is 4.47. The summed E-state index contributed by atoms with van der Waals surface area (Å²) in [5, 5.41) is 0. The molecule has 28 heavy (non-hydrogen) atoms. The van der Waals surface area contributed by atoms with Crippen LogP contribution >= 0.6 is 0 Å². The molecule has 3 atom stereocenters. The van der Waals surface area contributed by atoms with Crippen LogP contribution in [0.5, 0.6) is 0 Å². The summed E-state index contributed by atoms with van der Waals surface area (Å²) in [4.78, 5) is 36.1. The van der Waals surface area contributed by atoms with Crippen molar-refractivity contribution in [1.29, 1.82) is 0 Å². The highest BCUT2D eigenvalue weighted by Gasteiger charge is 2.44. The normalized spacial score (nSPS) is 25.0. The van der Waals surface area contributed by atoms with E-state index in [-0.39, 0.29) is 35.7 Å². The van der Waals surface area contributed by atoms with Gasteiger partial charge in [0, 0.05) is 31.6 Å². The number of Topliss-reactive ketones (excluding diaryl/α,β-unsaturated/α-hetero) is 2. The van der Waals surface area contributed by atoms with E-state index in [1.54, 1.807) is 6.92 Å². The zero-order valence-corrected chi connectivity index (χ0v) is 18.1. The number of ether oxygens (including phenoxy) is 2. The molecule has 0 saturated heterocycles. The minimum absolute atomic E-state index is 0.112. The van der Waals surface area contributed by atoms with Crippen LogP contribution < -0.4 is 0 Å². The fraction of sp³-hybridized carbons (Fsp3) is 0.783. The lowest BCUT2D eigenvalue weighted by Gasteiger charge is -2.33. The van der Waals surface area contributed by atoms with E-state index in [2.05, 4.69) is 27.7 Å². The summed E-state index contributed by atoms with van der Waals surface area (Å²) in [6, 6.07) is 0. The molecule has 158 valence electrons. The largest absolute Gasteiger partial charge is 0.466 e. The van der Waals surface area contributed by atoms with E-state index in [9.17, 15) is 14.4 Å². The van der Waals surface area contributed by atoms with Crippen LogP contribution in [0.2, 0.25) is 0 Å². The number of allylic oxidation sites excluding steroid dienone is 1. The highest BCUT2D eigenvalue weighted by molar-refractivity contribution is 5.98. The van der Waals surface area contributed by atoms with Crippen LogP contribution in [0.1, 0.15) is 86.0 Å². The molecule has 0 aromatic carbocycles. The quantitative estimate of drug-likeness (QED) is 0.538. The predicted octanol–water partition coefficient (Wildman–Crippen LogP) is 4.57. The SMILES string of the molecule is CCOC(=O)CCCC(=O)CCC1=C2CC(C)[C@H](OC(C)(C)C)C2CCC1=O. The van der Waals surface area contributed by atoms with Crippen molar-refractivity contribution in [3.8, 4) is 0 Å². The lowest BCUT2D eigenvalue weighted by molar-refractivity contribution is -0.143.